The van der Waals surface area contributed by atoms with Gasteiger partial charge in [-0.3, -0.25) is 4.79 Å². The van der Waals surface area contributed by atoms with E-state index in [2.05, 4.69) is 60.9 Å². The molecule has 114 valence electrons. The van der Waals surface area contributed by atoms with Gasteiger partial charge in [0.1, 0.15) is 0 Å². The minimum Gasteiger partial charge on any atom is -0.326 e. The lowest BCUT2D eigenvalue weighted by atomic mass is 9.73. The summed E-state index contributed by atoms with van der Waals surface area (Å²) in [5, 5.41) is 6.53. The van der Waals surface area contributed by atoms with Crippen LogP contribution in [0.2, 0.25) is 0 Å². The summed E-state index contributed by atoms with van der Waals surface area (Å²) in [6, 6.07) is 16.8. The standard InChI is InChI=1S/C19H22N2O/c1-13(22)21-16-10-9-15-12-20-19(2,3)18(17(15)11-16)14-7-5-4-6-8-14/h4-11,18,20H,12H2,1-3H3,(H,21,22). The molecule has 0 saturated heterocycles. The fourth-order valence-electron chi connectivity index (χ4n) is 3.36. The molecule has 0 saturated carbocycles. The molecule has 0 bridgehead atoms. The minimum absolute atomic E-state index is 0.0376. The lowest BCUT2D eigenvalue weighted by Gasteiger charge is -2.41. The molecule has 0 aliphatic carbocycles. The number of fused-ring (bicyclic) bond motifs is 1. The Hall–Kier alpha value is -2.13. The van der Waals surface area contributed by atoms with Gasteiger partial charge >= 0.3 is 0 Å². The van der Waals surface area contributed by atoms with Crippen molar-refractivity contribution in [1.29, 1.82) is 0 Å². The quantitative estimate of drug-likeness (QED) is 0.887. The number of amides is 1. The normalized spacial score (nSPS) is 19.3. The van der Waals surface area contributed by atoms with Crippen molar-refractivity contribution in [3.8, 4) is 0 Å². The molecule has 3 heteroatoms. The molecule has 1 amide bonds. The number of hydrogen-bond donors (Lipinski definition) is 2. The highest BCUT2D eigenvalue weighted by Crippen LogP contribution is 2.40. The summed E-state index contributed by atoms with van der Waals surface area (Å²) in [4.78, 5) is 11.3. The first kappa shape index (κ1) is 14.8. The molecule has 0 radical (unpaired) electrons. The van der Waals surface area contributed by atoms with Crippen LogP contribution in [0.25, 0.3) is 0 Å². The zero-order valence-corrected chi connectivity index (χ0v) is 13.3. The second-order valence-electron chi connectivity index (χ2n) is 6.51. The van der Waals surface area contributed by atoms with E-state index in [9.17, 15) is 4.79 Å². The highest BCUT2D eigenvalue weighted by molar-refractivity contribution is 5.88. The van der Waals surface area contributed by atoms with E-state index in [1.54, 1.807) is 6.92 Å². The van der Waals surface area contributed by atoms with E-state index in [-0.39, 0.29) is 17.4 Å². The van der Waals surface area contributed by atoms with Gasteiger partial charge in [-0.2, -0.15) is 0 Å². The van der Waals surface area contributed by atoms with Crippen LogP contribution >= 0.6 is 0 Å². The Morgan fingerprint density at radius 2 is 1.91 bits per heavy atom. The average molecular weight is 294 g/mol. The molecular formula is C19H22N2O. The highest BCUT2D eigenvalue weighted by Gasteiger charge is 2.36. The fraction of sp³-hybridized carbons (Fsp3) is 0.316. The van der Waals surface area contributed by atoms with Crippen LogP contribution in [0, 0.1) is 0 Å². The molecule has 3 nitrogen and oxygen atoms in total. The molecule has 1 atom stereocenters. The molecule has 0 aromatic heterocycles. The van der Waals surface area contributed by atoms with Crippen LogP contribution in [0.5, 0.6) is 0 Å². The van der Waals surface area contributed by atoms with Gasteiger partial charge in [-0.15, -0.1) is 0 Å². The van der Waals surface area contributed by atoms with Crippen molar-refractivity contribution < 1.29 is 4.79 Å². The van der Waals surface area contributed by atoms with Crippen LogP contribution in [0.15, 0.2) is 48.5 Å². The Bertz CT molecular complexity index is 692. The minimum atomic E-state index is -0.0385. The summed E-state index contributed by atoms with van der Waals surface area (Å²) < 4.78 is 0. The van der Waals surface area contributed by atoms with Crippen molar-refractivity contribution in [2.24, 2.45) is 0 Å². The van der Waals surface area contributed by atoms with Crippen LogP contribution in [0.3, 0.4) is 0 Å². The number of carbonyl (C=O) groups excluding carboxylic acids is 1. The van der Waals surface area contributed by atoms with E-state index in [1.165, 1.54) is 16.7 Å². The van der Waals surface area contributed by atoms with E-state index in [0.29, 0.717) is 0 Å². The van der Waals surface area contributed by atoms with Crippen molar-refractivity contribution in [2.75, 3.05) is 5.32 Å². The molecule has 2 N–H and O–H groups in total. The van der Waals surface area contributed by atoms with E-state index in [0.717, 1.165) is 12.2 Å². The number of carbonyl (C=O) groups is 1. The SMILES string of the molecule is CC(=O)Nc1ccc2c(c1)C(c1ccccc1)C(C)(C)NC2. The van der Waals surface area contributed by atoms with Gasteiger partial charge in [-0.1, -0.05) is 36.4 Å². The summed E-state index contributed by atoms with van der Waals surface area (Å²) in [7, 11) is 0. The van der Waals surface area contributed by atoms with E-state index in [4.69, 9.17) is 0 Å². The van der Waals surface area contributed by atoms with Crippen LogP contribution in [-0.2, 0) is 11.3 Å². The van der Waals surface area contributed by atoms with Crippen LogP contribution in [0.4, 0.5) is 5.69 Å². The lowest BCUT2D eigenvalue weighted by molar-refractivity contribution is -0.114. The summed E-state index contributed by atoms with van der Waals surface area (Å²) >= 11 is 0. The molecule has 1 heterocycles. The van der Waals surface area contributed by atoms with Gasteiger partial charge in [0.15, 0.2) is 0 Å². The summed E-state index contributed by atoms with van der Waals surface area (Å²) in [6.45, 7) is 6.86. The highest BCUT2D eigenvalue weighted by atomic mass is 16.1. The van der Waals surface area contributed by atoms with Gasteiger partial charge in [-0.05, 0) is 42.7 Å². The van der Waals surface area contributed by atoms with E-state index >= 15 is 0 Å². The molecule has 1 unspecified atom stereocenters. The maximum atomic E-state index is 11.3. The second kappa shape index (κ2) is 5.58. The van der Waals surface area contributed by atoms with E-state index in [1.807, 2.05) is 12.1 Å². The molecule has 1 aliphatic heterocycles. The van der Waals surface area contributed by atoms with Crippen molar-refractivity contribution in [3.63, 3.8) is 0 Å². The molecule has 0 spiro atoms. The first-order valence-corrected chi connectivity index (χ1v) is 7.68. The topological polar surface area (TPSA) is 41.1 Å². The molecule has 2 aromatic rings. The van der Waals surface area contributed by atoms with Gasteiger partial charge in [0, 0.05) is 30.6 Å². The Labute approximate surface area is 131 Å². The number of rotatable bonds is 2. The van der Waals surface area contributed by atoms with Crippen molar-refractivity contribution in [2.45, 2.75) is 38.8 Å². The molecule has 2 aromatic carbocycles. The van der Waals surface area contributed by atoms with E-state index < -0.39 is 0 Å². The number of nitrogens with one attached hydrogen (secondary N) is 2. The third-order valence-electron chi connectivity index (χ3n) is 4.37. The van der Waals surface area contributed by atoms with Crippen molar-refractivity contribution >= 4 is 11.6 Å². The zero-order chi connectivity index (χ0) is 15.7. The van der Waals surface area contributed by atoms with Crippen LogP contribution < -0.4 is 10.6 Å². The predicted molar refractivity (Wildman–Crippen MR) is 89.9 cm³/mol. The van der Waals surface area contributed by atoms with Crippen molar-refractivity contribution in [3.05, 3.63) is 65.2 Å². The van der Waals surface area contributed by atoms with Crippen LogP contribution in [-0.4, -0.2) is 11.4 Å². The van der Waals surface area contributed by atoms with Crippen LogP contribution in [0.1, 0.15) is 43.4 Å². The summed E-state index contributed by atoms with van der Waals surface area (Å²) in [5.41, 5.74) is 4.71. The Morgan fingerprint density at radius 1 is 1.18 bits per heavy atom. The predicted octanol–water partition coefficient (Wildman–Crippen LogP) is 3.66. The maximum absolute atomic E-state index is 11.3. The second-order valence-corrected chi connectivity index (χ2v) is 6.51. The number of benzene rings is 2. The zero-order valence-electron chi connectivity index (χ0n) is 13.3. The molecule has 0 fully saturated rings. The number of anilines is 1. The molecule has 3 rings (SSSR count). The Kier molecular flexibility index (Phi) is 3.75. The van der Waals surface area contributed by atoms with Gasteiger partial charge in [-0.25, -0.2) is 0 Å². The first-order chi connectivity index (χ1) is 10.5. The van der Waals surface area contributed by atoms with Gasteiger partial charge < -0.3 is 10.6 Å². The lowest BCUT2D eigenvalue weighted by Crippen LogP contribution is -2.48. The summed E-state index contributed by atoms with van der Waals surface area (Å²) in [6.07, 6.45) is 0. The van der Waals surface area contributed by atoms with Gasteiger partial charge in [0.2, 0.25) is 5.91 Å². The van der Waals surface area contributed by atoms with Gasteiger partial charge in [0.05, 0.1) is 0 Å². The maximum Gasteiger partial charge on any atom is 0.221 e. The Morgan fingerprint density at radius 3 is 2.59 bits per heavy atom. The fourth-order valence-corrected chi connectivity index (χ4v) is 3.36. The molecule has 22 heavy (non-hydrogen) atoms. The van der Waals surface area contributed by atoms with Crippen molar-refractivity contribution in [1.82, 2.24) is 5.32 Å². The third kappa shape index (κ3) is 2.77. The Balaban J connectivity index is 2.11. The molecular weight excluding hydrogens is 272 g/mol. The first-order valence-electron chi connectivity index (χ1n) is 7.68. The molecule has 1 aliphatic rings. The average Bonchev–Trinajstić information content (AvgIpc) is 2.46. The number of hydrogen-bond acceptors (Lipinski definition) is 2. The largest absolute Gasteiger partial charge is 0.326 e. The monoisotopic (exact) mass is 294 g/mol. The third-order valence-corrected chi connectivity index (χ3v) is 4.37. The van der Waals surface area contributed by atoms with Gasteiger partial charge in [0.25, 0.3) is 0 Å². The smallest absolute Gasteiger partial charge is 0.221 e. The summed E-state index contributed by atoms with van der Waals surface area (Å²) in [5.74, 6) is 0.218.